The molecule has 1 aromatic heterocycles. The van der Waals surface area contributed by atoms with E-state index in [-0.39, 0.29) is 5.75 Å². The molecule has 0 fully saturated rings. The van der Waals surface area contributed by atoms with E-state index < -0.39 is 9.84 Å². The van der Waals surface area contributed by atoms with Crippen LogP contribution in [0.15, 0.2) is 18.3 Å². The van der Waals surface area contributed by atoms with Crippen LogP contribution in [0.3, 0.4) is 0 Å². The molecule has 0 aliphatic carbocycles. The first-order valence-corrected chi connectivity index (χ1v) is 6.92. The molecule has 0 amide bonds. The van der Waals surface area contributed by atoms with Crippen molar-refractivity contribution >= 4 is 15.7 Å². The van der Waals surface area contributed by atoms with E-state index in [2.05, 4.69) is 4.98 Å². The van der Waals surface area contributed by atoms with Crippen LogP contribution >= 0.6 is 0 Å². The van der Waals surface area contributed by atoms with Crippen LogP contribution in [-0.2, 0) is 16.3 Å². The summed E-state index contributed by atoms with van der Waals surface area (Å²) in [5, 5.41) is 0. The summed E-state index contributed by atoms with van der Waals surface area (Å²) < 4.78 is 21.7. The van der Waals surface area contributed by atoms with Crippen molar-refractivity contribution in [3.63, 3.8) is 0 Å². The van der Waals surface area contributed by atoms with Gasteiger partial charge in [-0.3, -0.25) is 0 Å². The minimum Gasteiger partial charge on any atom is -0.383 e. The number of aromatic nitrogens is 1. The summed E-state index contributed by atoms with van der Waals surface area (Å²) in [6.45, 7) is 0. The minimum atomic E-state index is -2.84. The molecule has 0 aromatic carbocycles. The third-order valence-electron chi connectivity index (χ3n) is 2.14. The van der Waals surface area contributed by atoms with Gasteiger partial charge >= 0.3 is 0 Å². The highest BCUT2D eigenvalue weighted by Crippen LogP contribution is 2.10. The maximum absolute atomic E-state index is 10.9. The Balaban J connectivity index is 2.36. The molecular weight excluding hydrogens is 212 g/mol. The average molecular weight is 228 g/mol. The Morgan fingerprint density at radius 1 is 1.40 bits per heavy atom. The van der Waals surface area contributed by atoms with Gasteiger partial charge in [0.25, 0.3) is 0 Å². The number of pyridine rings is 1. The zero-order valence-corrected chi connectivity index (χ0v) is 9.63. The number of unbranched alkanes of at least 4 members (excludes halogenated alkanes) is 1. The molecule has 2 N–H and O–H groups in total. The van der Waals surface area contributed by atoms with Crippen molar-refractivity contribution < 1.29 is 8.42 Å². The lowest BCUT2D eigenvalue weighted by Gasteiger charge is -2.03. The predicted octanol–water partition coefficient (Wildman–Crippen LogP) is 1.03. The Bertz CT molecular complexity index is 415. The fourth-order valence-corrected chi connectivity index (χ4v) is 2.07. The van der Waals surface area contributed by atoms with Gasteiger partial charge in [-0.1, -0.05) is 6.07 Å². The van der Waals surface area contributed by atoms with Crippen LogP contribution in [-0.4, -0.2) is 25.4 Å². The quantitative estimate of drug-likeness (QED) is 0.764. The normalized spacial score (nSPS) is 11.5. The zero-order valence-electron chi connectivity index (χ0n) is 8.81. The molecule has 0 bridgehead atoms. The molecule has 0 radical (unpaired) electrons. The number of nitrogens with zero attached hydrogens (tertiary/aromatic N) is 1. The van der Waals surface area contributed by atoms with Crippen LogP contribution in [0.4, 0.5) is 5.82 Å². The summed E-state index contributed by atoms with van der Waals surface area (Å²) in [5.41, 5.74) is 6.65. The molecule has 84 valence electrons. The summed E-state index contributed by atoms with van der Waals surface area (Å²) in [7, 11) is -2.84. The van der Waals surface area contributed by atoms with Gasteiger partial charge in [-0.25, -0.2) is 13.4 Å². The van der Waals surface area contributed by atoms with Crippen molar-refractivity contribution in [1.82, 2.24) is 4.98 Å². The van der Waals surface area contributed by atoms with Crippen molar-refractivity contribution in [2.75, 3.05) is 17.7 Å². The Morgan fingerprint density at radius 3 is 2.73 bits per heavy atom. The minimum absolute atomic E-state index is 0.243. The van der Waals surface area contributed by atoms with Crippen molar-refractivity contribution in [2.24, 2.45) is 0 Å². The number of hydrogen-bond donors (Lipinski definition) is 1. The fourth-order valence-electron chi connectivity index (χ4n) is 1.34. The van der Waals surface area contributed by atoms with Crippen molar-refractivity contribution in [2.45, 2.75) is 19.3 Å². The smallest absolute Gasteiger partial charge is 0.147 e. The van der Waals surface area contributed by atoms with E-state index in [9.17, 15) is 8.42 Å². The van der Waals surface area contributed by atoms with E-state index in [1.165, 1.54) is 6.26 Å². The van der Waals surface area contributed by atoms with E-state index in [0.717, 1.165) is 18.4 Å². The molecule has 5 heteroatoms. The second-order valence-corrected chi connectivity index (χ2v) is 5.89. The molecule has 0 aliphatic heterocycles. The number of hydrogen-bond acceptors (Lipinski definition) is 4. The number of nitrogen functional groups attached to an aromatic ring is 1. The van der Waals surface area contributed by atoms with Crippen molar-refractivity contribution in [1.29, 1.82) is 0 Å². The Hall–Kier alpha value is -1.10. The van der Waals surface area contributed by atoms with Crippen LogP contribution in [0.5, 0.6) is 0 Å². The third-order valence-corrected chi connectivity index (χ3v) is 3.17. The van der Waals surface area contributed by atoms with Crippen LogP contribution in [0.25, 0.3) is 0 Å². The zero-order chi connectivity index (χ0) is 11.3. The number of sulfone groups is 1. The number of anilines is 1. The van der Waals surface area contributed by atoms with Gasteiger partial charge in [0.05, 0.1) is 0 Å². The maximum Gasteiger partial charge on any atom is 0.147 e. The summed E-state index contributed by atoms with van der Waals surface area (Å²) in [6.07, 6.45) is 5.19. The van der Waals surface area contributed by atoms with Crippen LogP contribution in [0.1, 0.15) is 18.4 Å². The Labute approximate surface area is 90.4 Å². The van der Waals surface area contributed by atoms with Gasteiger partial charge in [0, 0.05) is 18.2 Å². The lowest BCUT2D eigenvalue weighted by molar-refractivity contribution is 0.597. The Kier molecular flexibility index (Phi) is 4.08. The highest BCUT2D eigenvalue weighted by Gasteiger charge is 2.03. The maximum atomic E-state index is 10.9. The second-order valence-electron chi connectivity index (χ2n) is 3.63. The average Bonchev–Trinajstić information content (AvgIpc) is 2.13. The topological polar surface area (TPSA) is 73.0 Å². The first kappa shape index (κ1) is 12.0. The molecule has 0 atom stereocenters. The van der Waals surface area contributed by atoms with Crippen LogP contribution < -0.4 is 5.73 Å². The summed E-state index contributed by atoms with van der Waals surface area (Å²) in [6, 6.07) is 3.75. The highest BCUT2D eigenvalue weighted by atomic mass is 32.2. The van der Waals surface area contributed by atoms with Gasteiger partial charge in [0.2, 0.25) is 0 Å². The molecule has 15 heavy (non-hydrogen) atoms. The van der Waals surface area contributed by atoms with Gasteiger partial charge in [-0.2, -0.15) is 0 Å². The molecule has 0 saturated heterocycles. The van der Waals surface area contributed by atoms with Gasteiger partial charge in [-0.15, -0.1) is 0 Å². The number of aryl methyl sites for hydroxylation is 1. The van der Waals surface area contributed by atoms with Crippen LogP contribution in [0, 0.1) is 0 Å². The number of rotatable bonds is 5. The van der Waals surface area contributed by atoms with E-state index in [1.807, 2.05) is 12.1 Å². The fraction of sp³-hybridized carbons (Fsp3) is 0.500. The third kappa shape index (κ3) is 4.78. The monoisotopic (exact) mass is 228 g/mol. The standard InChI is InChI=1S/C10H16N2O2S/c1-15(13,14)8-3-2-5-9-6-4-7-12-10(9)11/h4,6-7H,2-3,5,8H2,1H3,(H2,11,12). The number of nitrogens with two attached hydrogens (primary N) is 1. The summed E-state index contributed by atoms with van der Waals surface area (Å²) in [5.74, 6) is 0.782. The SMILES string of the molecule is CS(=O)(=O)CCCCc1cccnc1N. The summed E-state index contributed by atoms with van der Waals surface area (Å²) >= 11 is 0. The molecule has 0 aliphatic rings. The van der Waals surface area contributed by atoms with E-state index in [1.54, 1.807) is 6.20 Å². The van der Waals surface area contributed by atoms with Gasteiger partial charge in [-0.05, 0) is 30.9 Å². The molecular formula is C10H16N2O2S. The molecule has 1 rings (SSSR count). The van der Waals surface area contributed by atoms with E-state index in [4.69, 9.17) is 5.73 Å². The lowest BCUT2D eigenvalue weighted by atomic mass is 10.1. The first-order valence-electron chi connectivity index (χ1n) is 4.86. The van der Waals surface area contributed by atoms with Gasteiger partial charge < -0.3 is 5.73 Å². The first-order chi connectivity index (χ1) is 6.99. The molecule has 1 aromatic rings. The van der Waals surface area contributed by atoms with Gasteiger partial charge in [0.15, 0.2) is 0 Å². The predicted molar refractivity (Wildman–Crippen MR) is 61.3 cm³/mol. The molecule has 4 nitrogen and oxygen atoms in total. The van der Waals surface area contributed by atoms with Gasteiger partial charge in [0.1, 0.15) is 15.7 Å². The van der Waals surface area contributed by atoms with E-state index in [0.29, 0.717) is 12.2 Å². The second kappa shape index (κ2) is 5.11. The van der Waals surface area contributed by atoms with Crippen molar-refractivity contribution in [3.05, 3.63) is 23.9 Å². The van der Waals surface area contributed by atoms with Crippen LogP contribution in [0.2, 0.25) is 0 Å². The molecule has 0 spiro atoms. The largest absolute Gasteiger partial charge is 0.383 e. The van der Waals surface area contributed by atoms with E-state index >= 15 is 0 Å². The molecule has 1 heterocycles. The molecule has 0 unspecified atom stereocenters. The highest BCUT2D eigenvalue weighted by molar-refractivity contribution is 7.90. The summed E-state index contributed by atoms with van der Waals surface area (Å²) in [4.78, 5) is 3.97. The molecule has 0 saturated carbocycles. The lowest BCUT2D eigenvalue weighted by Crippen LogP contribution is -2.04. The Morgan fingerprint density at radius 2 is 2.13 bits per heavy atom. The van der Waals surface area contributed by atoms with Crippen molar-refractivity contribution in [3.8, 4) is 0 Å².